The minimum atomic E-state index is 0.0307. The first-order valence-corrected chi connectivity index (χ1v) is 7.65. The number of nitrogens with two attached hydrogens (primary N) is 1. The highest BCUT2D eigenvalue weighted by molar-refractivity contribution is 5.06. The lowest BCUT2D eigenvalue weighted by molar-refractivity contribution is -0.149. The number of pyridine rings is 1. The fourth-order valence-electron chi connectivity index (χ4n) is 3.45. The summed E-state index contributed by atoms with van der Waals surface area (Å²) in [6.07, 6.45) is 6.87. The van der Waals surface area contributed by atoms with Gasteiger partial charge in [0.05, 0.1) is 5.60 Å². The number of aromatic nitrogens is 1. The topological polar surface area (TPSA) is 57.4 Å². The van der Waals surface area contributed by atoms with Crippen molar-refractivity contribution in [2.24, 2.45) is 11.7 Å². The van der Waals surface area contributed by atoms with E-state index in [1.165, 1.54) is 0 Å². The van der Waals surface area contributed by atoms with E-state index in [2.05, 4.69) is 11.1 Å². The highest BCUT2D eigenvalue weighted by Crippen LogP contribution is 2.38. The molecule has 2 aliphatic heterocycles. The van der Waals surface area contributed by atoms with Crippen LogP contribution < -0.4 is 5.73 Å². The zero-order chi connectivity index (χ0) is 13.8. The molecule has 1 aromatic heterocycles. The molecular formula is C16H24N2O2. The van der Waals surface area contributed by atoms with Gasteiger partial charge in [-0.2, -0.15) is 0 Å². The van der Waals surface area contributed by atoms with Gasteiger partial charge in [0.15, 0.2) is 0 Å². The minimum Gasteiger partial charge on any atom is -0.381 e. The van der Waals surface area contributed by atoms with Crippen molar-refractivity contribution < 1.29 is 9.47 Å². The Balaban J connectivity index is 1.61. The first-order chi connectivity index (χ1) is 9.77. The van der Waals surface area contributed by atoms with E-state index >= 15 is 0 Å². The Hall–Kier alpha value is -0.970. The molecular weight excluding hydrogens is 252 g/mol. The highest BCUT2D eigenvalue weighted by atomic mass is 16.5. The second-order valence-corrected chi connectivity index (χ2v) is 6.09. The second-order valence-electron chi connectivity index (χ2n) is 6.09. The maximum absolute atomic E-state index is 6.44. The van der Waals surface area contributed by atoms with Gasteiger partial charge in [0.2, 0.25) is 0 Å². The molecule has 3 heterocycles. The van der Waals surface area contributed by atoms with Gasteiger partial charge in [0, 0.05) is 44.2 Å². The zero-order valence-electron chi connectivity index (χ0n) is 12.0. The normalized spacial score (nSPS) is 27.4. The summed E-state index contributed by atoms with van der Waals surface area (Å²) >= 11 is 0. The van der Waals surface area contributed by atoms with E-state index in [1.54, 1.807) is 0 Å². The Morgan fingerprint density at radius 3 is 2.90 bits per heavy atom. The Kier molecular flexibility index (Phi) is 4.34. The lowest BCUT2D eigenvalue weighted by atomic mass is 9.77. The van der Waals surface area contributed by atoms with Gasteiger partial charge in [-0.05, 0) is 43.7 Å². The quantitative estimate of drug-likeness (QED) is 0.916. The molecule has 2 saturated heterocycles. The van der Waals surface area contributed by atoms with Gasteiger partial charge in [-0.25, -0.2) is 0 Å². The van der Waals surface area contributed by atoms with Crippen molar-refractivity contribution in [2.45, 2.75) is 43.7 Å². The van der Waals surface area contributed by atoms with E-state index in [0.717, 1.165) is 57.6 Å². The van der Waals surface area contributed by atoms with Gasteiger partial charge in [0.1, 0.15) is 0 Å². The SMILES string of the molecule is NC(Cc1ccccn1)C1CCOC2(CCOCC2)C1. The molecule has 0 aliphatic carbocycles. The van der Waals surface area contributed by atoms with Crippen LogP contribution in [0.4, 0.5) is 0 Å². The highest BCUT2D eigenvalue weighted by Gasteiger charge is 2.40. The predicted molar refractivity (Wildman–Crippen MR) is 77.4 cm³/mol. The van der Waals surface area contributed by atoms with E-state index < -0.39 is 0 Å². The molecule has 0 aromatic carbocycles. The molecule has 3 rings (SSSR count). The number of hydrogen-bond donors (Lipinski definition) is 1. The molecule has 2 atom stereocenters. The van der Waals surface area contributed by atoms with Crippen LogP contribution >= 0.6 is 0 Å². The molecule has 0 saturated carbocycles. The van der Waals surface area contributed by atoms with Crippen LogP contribution in [0.3, 0.4) is 0 Å². The van der Waals surface area contributed by atoms with E-state index in [1.807, 2.05) is 18.3 Å². The molecule has 4 nitrogen and oxygen atoms in total. The molecule has 0 radical (unpaired) electrons. The molecule has 4 heteroatoms. The lowest BCUT2D eigenvalue weighted by Crippen LogP contribution is -2.48. The third kappa shape index (κ3) is 3.19. The molecule has 1 spiro atoms. The Labute approximate surface area is 120 Å². The lowest BCUT2D eigenvalue weighted by Gasteiger charge is -2.44. The van der Waals surface area contributed by atoms with Crippen LogP contribution in [0.2, 0.25) is 0 Å². The van der Waals surface area contributed by atoms with Gasteiger partial charge in [0.25, 0.3) is 0 Å². The molecule has 0 bridgehead atoms. The molecule has 2 aliphatic rings. The summed E-state index contributed by atoms with van der Waals surface area (Å²) in [6, 6.07) is 6.21. The zero-order valence-corrected chi connectivity index (χ0v) is 12.0. The van der Waals surface area contributed by atoms with Crippen LogP contribution in [0, 0.1) is 5.92 Å². The van der Waals surface area contributed by atoms with Crippen LogP contribution in [0.1, 0.15) is 31.4 Å². The maximum Gasteiger partial charge on any atom is 0.0729 e. The van der Waals surface area contributed by atoms with Gasteiger partial charge in [-0.1, -0.05) is 6.07 Å². The first kappa shape index (κ1) is 14.0. The van der Waals surface area contributed by atoms with Crippen molar-refractivity contribution in [1.82, 2.24) is 4.98 Å². The standard InChI is InChI=1S/C16H24N2O2/c17-15(11-14-3-1-2-7-18-14)13-4-8-20-16(12-13)5-9-19-10-6-16/h1-3,7,13,15H,4-6,8-12,17H2. The third-order valence-corrected chi connectivity index (χ3v) is 4.71. The number of nitrogens with zero attached hydrogens (tertiary/aromatic N) is 1. The number of hydrogen-bond acceptors (Lipinski definition) is 4. The fraction of sp³-hybridized carbons (Fsp3) is 0.688. The monoisotopic (exact) mass is 276 g/mol. The van der Waals surface area contributed by atoms with Crippen molar-refractivity contribution >= 4 is 0 Å². The molecule has 0 amide bonds. The summed E-state index contributed by atoms with van der Waals surface area (Å²) in [5, 5.41) is 0. The predicted octanol–water partition coefficient (Wildman–Crippen LogP) is 1.93. The molecule has 110 valence electrons. The fourth-order valence-corrected chi connectivity index (χ4v) is 3.45. The van der Waals surface area contributed by atoms with Gasteiger partial charge in [-0.3, -0.25) is 4.98 Å². The van der Waals surface area contributed by atoms with Crippen LogP contribution in [0.25, 0.3) is 0 Å². The summed E-state index contributed by atoms with van der Waals surface area (Å²) in [4.78, 5) is 4.39. The molecule has 2 fully saturated rings. The molecule has 1 aromatic rings. The Morgan fingerprint density at radius 1 is 1.30 bits per heavy atom. The minimum absolute atomic E-state index is 0.0307. The molecule has 20 heavy (non-hydrogen) atoms. The number of rotatable bonds is 3. The van der Waals surface area contributed by atoms with E-state index in [4.69, 9.17) is 15.2 Å². The summed E-state index contributed by atoms with van der Waals surface area (Å²) in [5.41, 5.74) is 7.56. The second kappa shape index (κ2) is 6.20. The van der Waals surface area contributed by atoms with Crippen LogP contribution in [-0.4, -0.2) is 36.4 Å². The van der Waals surface area contributed by atoms with E-state index in [-0.39, 0.29) is 11.6 Å². The summed E-state index contributed by atoms with van der Waals surface area (Å²) in [7, 11) is 0. The molecule has 2 N–H and O–H groups in total. The van der Waals surface area contributed by atoms with Crippen molar-refractivity contribution in [1.29, 1.82) is 0 Å². The van der Waals surface area contributed by atoms with Crippen LogP contribution in [0.15, 0.2) is 24.4 Å². The first-order valence-electron chi connectivity index (χ1n) is 7.65. The summed E-state index contributed by atoms with van der Waals surface area (Å²) in [6.45, 7) is 2.48. The Bertz CT molecular complexity index is 412. The van der Waals surface area contributed by atoms with Crippen molar-refractivity contribution in [2.75, 3.05) is 19.8 Å². The smallest absolute Gasteiger partial charge is 0.0729 e. The van der Waals surface area contributed by atoms with Crippen molar-refractivity contribution in [3.63, 3.8) is 0 Å². The van der Waals surface area contributed by atoms with E-state index in [9.17, 15) is 0 Å². The largest absolute Gasteiger partial charge is 0.381 e. The van der Waals surface area contributed by atoms with E-state index in [0.29, 0.717) is 5.92 Å². The van der Waals surface area contributed by atoms with Gasteiger partial charge < -0.3 is 15.2 Å². The Morgan fingerprint density at radius 2 is 2.15 bits per heavy atom. The van der Waals surface area contributed by atoms with Crippen molar-refractivity contribution in [3.8, 4) is 0 Å². The summed E-state index contributed by atoms with van der Waals surface area (Å²) in [5.74, 6) is 0.531. The number of ether oxygens (including phenoxy) is 2. The van der Waals surface area contributed by atoms with Gasteiger partial charge >= 0.3 is 0 Å². The molecule has 2 unspecified atom stereocenters. The van der Waals surface area contributed by atoms with Gasteiger partial charge in [-0.15, -0.1) is 0 Å². The summed E-state index contributed by atoms with van der Waals surface area (Å²) < 4.78 is 11.6. The average Bonchev–Trinajstić information content (AvgIpc) is 2.49. The van der Waals surface area contributed by atoms with Crippen LogP contribution in [-0.2, 0) is 15.9 Å². The average molecular weight is 276 g/mol. The third-order valence-electron chi connectivity index (χ3n) is 4.71. The van der Waals surface area contributed by atoms with Crippen LogP contribution in [0.5, 0.6) is 0 Å². The maximum atomic E-state index is 6.44. The van der Waals surface area contributed by atoms with Crippen molar-refractivity contribution in [3.05, 3.63) is 30.1 Å².